The fourth-order valence-corrected chi connectivity index (χ4v) is 2.68. The average Bonchev–Trinajstić information content (AvgIpc) is 2.72. The second-order valence-corrected chi connectivity index (χ2v) is 6.63. The zero-order valence-electron chi connectivity index (χ0n) is 15.4. The van der Waals surface area contributed by atoms with Crippen LogP contribution >= 0.6 is 11.6 Å². The quantitative estimate of drug-likeness (QED) is 0.546. The van der Waals surface area contributed by atoms with Crippen LogP contribution in [0.3, 0.4) is 0 Å². The van der Waals surface area contributed by atoms with E-state index in [1.54, 1.807) is 12.3 Å². The van der Waals surface area contributed by atoms with Crippen molar-refractivity contribution in [3.8, 4) is 5.75 Å². The van der Waals surface area contributed by atoms with Gasteiger partial charge in [0, 0.05) is 11.6 Å². The molecule has 0 atom stereocenters. The third-order valence-electron chi connectivity index (χ3n) is 4.03. The number of carbonyl (C=O) groups excluding carboxylic acids is 1. The number of carbonyl (C=O) groups is 1. The summed E-state index contributed by atoms with van der Waals surface area (Å²) in [6.45, 7) is 1.10. The van der Waals surface area contributed by atoms with Gasteiger partial charge >= 0.3 is 0 Å². The van der Waals surface area contributed by atoms with Gasteiger partial charge in [0.25, 0.3) is 0 Å². The SMILES string of the molecule is O=C(CCOc1ccccc1)Nc1ccc(NCCc2ccc(Cl)cc2)cn1. The van der Waals surface area contributed by atoms with Gasteiger partial charge in [-0.2, -0.15) is 0 Å². The fourth-order valence-electron chi connectivity index (χ4n) is 2.56. The van der Waals surface area contributed by atoms with E-state index in [-0.39, 0.29) is 12.3 Å². The van der Waals surface area contributed by atoms with Crippen molar-refractivity contribution in [1.82, 2.24) is 4.98 Å². The number of aromatic nitrogens is 1. The molecular formula is C22H22ClN3O2. The summed E-state index contributed by atoms with van der Waals surface area (Å²) in [4.78, 5) is 16.3. The average molecular weight is 396 g/mol. The Morgan fingerprint density at radius 3 is 2.50 bits per heavy atom. The van der Waals surface area contributed by atoms with Crippen LogP contribution in [0.4, 0.5) is 11.5 Å². The zero-order valence-corrected chi connectivity index (χ0v) is 16.2. The lowest BCUT2D eigenvalue weighted by molar-refractivity contribution is -0.116. The third kappa shape index (κ3) is 6.59. The number of halogens is 1. The first-order chi connectivity index (χ1) is 13.7. The van der Waals surface area contributed by atoms with E-state index in [2.05, 4.69) is 15.6 Å². The molecule has 28 heavy (non-hydrogen) atoms. The molecule has 0 saturated heterocycles. The van der Waals surface area contributed by atoms with Gasteiger partial charge < -0.3 is 15.4 Å². The summed E-state index contributed by atoms with van der Waals surface area (Å²) in [5, 5.41) is 6.83. The first-order valence-electron chi connectivity index (χ1n) is 9.11. The second kappa shape index (κ2) is 10.3. The van der Waals surface area contributed by atoms with Crippen LogP contribution in [-0.4, -0.2) is 24.0 Å². The number of pyridine rings is 1. The Morgan fingerprint density at radius 2 is 1.79 bits per heavy atom. The van der Waals surface area contributed by atoms with Crippen molar-refractivity contribution in [2.24, 2.45) is 0 Å². The standard InChI is InChI=1S/C22H22ClN3O2/c23-18-8-6-17(7-9-18)12-14-24-19-10-11-21(25-16-19)26-22(27)13-15-28-20-4-2-1-3-5-20/h1-11,16,24H,12-15H2,(H,25,26,27). The number of anilines is 2. The van der Waals surface area contributed by atoms with E-state index in [0.717, 1.165) is 29.4 Å². The van der Waals surface area contributed by atoms with Gasteiger partial charge in [-0.3, -0.25) is 4.79 Å². The lowest BCUT2D eigenvalue weighted by Gasteiger charge is -2.09. The Bertz CT molecular complexity index is 869. The Kier molecular flexibility index (Phi) is 7.27. The minimum absolute atomic E-state index is 0.133. The Hall–Kier alpha value is -3.05. The van der Waals surface area contributed by atoms with Gasteiger partial charge in [0.05, 0.1) is 24.9 Å². The predicted molar refractivity (Wildman–Crippen MR) is 113 cm³/mol. The maximum absolute atomic E-state index is 12.0. The molecule has 5 nitrogen and oxygen atoms in total. The molecule has 3 aromatic rings. The molecule has 6 heteroatoms. The molecule has 3 rings (SSSR count). The highest BCUT2D eigenvalue weighted by atomic mass is 35.5. The number of nitrogens with one attached hydrogen (secondary N) is 2. The van der Waals surface area contributed by atoms with E-state index in [1.165, 1.54) is 5.56 Å². The molecule has 0 unspecified atom stereocenters. The number of hydrogen-bond donors (Lipinski definition) is 2. The van der Waals surface area contributed by atoms with E-state index < -0.39 is 0 Å². The van der Waals surface area contributed by atoms with Crippen LogP contribution in [0.5, 0.6) is 5.75 Å². The number of hydrogen-bond acceptors (Lipinski definition) is 4. The molecule has 1 heterocycles. The van der Waals surface area contributed by atoms with Crippen LogP contribution in [0, 0.1) is 0 Å². The molecule has 0 saturated carbocycles. The highest BCUT2D eigenvalue weighted by Crippen LogP contribution is 2.13. The molecule has 1 amide bonds. The molecule has 2 N–H and O–H groups in total. The van der Waals surface area contributed by atoms with Crippen molar-refractivity contribution < 1.29 is 9.53 Å². The van der Waals surface area contributed by atoms with Crippen LogP contribution in [0.1, 0.15) is 12.0 Å². The van der Waals surface area contributed by atoms with Crippen molar-refractivity contribution >= 4 is 29.0 Å². The van der Waals surface area contributed by atoms with E-state index in [9.17, 15) is 4.79 Å². The van der Waals surface area contributed by atoms with Crippen molar-refractivity contribution in [1.29, 1.82) is 0 Å². The van der Waals surface area contributed by atoms with Crippen LogP contribution in [0.25, 0.3) is 0 Å². The Morgan fingerprint density at radius 1 is 1.00 bits per heavy atom. The van der Waals surface area contributed by atoms with Crippen molar-refractivity contribution in [2.45, 2.75) is 12.8 Å². The summed E-state index contributed by atoms with van der Waals surface area (Å²) < 4.78 is 5.52. The van der Waals surface area contributed by atoms with E-state index in [4.69, 9.17) is 16.3 Å². The number of nitrogens with zero attached hydrogens (tertiary/aromatic N) is 1. The minimum Gasteiger partial charge on any atom is -0.493 e. The molecule has 2 aromatic carbocycles. The Labute approximate surface area is 169 Å². The van der Waals surface area contributed by atoms with Gasteiger partial charge in [0.1, 0.15) is 11.6 Å². The van der Waals surface area contributed by atoms with Crippen molar-refractivity contribution in [3.05, 3.63) is 83.5 Å². The van der Waals surface area contributed by atoms with Crippen LogP contribution in [-0.2, 0) is 11.2 Å². The topological polar surface area (TPSA) is 63.2 Å². The van der Waals surface area contributed by atoms with E-state index >= 15 is 0 Å². The summed E-state index contributed by atoms with van der Waals surface area (Å²) in [6.07, 6.45) is 2.85. The number of ether oxygens (including phenoxy) is 1. The molecule has 0 radical (unpaired) electrons. The number of rotatable bonds is 9. The lowest BCUT2D eigenvalue weighted by Crippen LogP contribution is -2.16. The molecule has 1 aromatic heterocycles. The molecule has 0 aliphatic heterocycles. The van der Waals surface area contributed by atoms with Crippen LogP contribution in [0.2, 0.25) is 5.02 Å². The predicted octanol–water partition coefficient (Wildman–Crippen LogP) is 4.80. The summed E-state index contributed by atoms with van der Waals surface area (Å²) in [5.41, 5.74) is 2.12. The first kappa shape index (κ1) is 19.7. The van der Waals surface area contributed by atoms with Crippen molar-refractivity contribution in [3.63, 3.8) is 0 Å². The van der Waals surface area contributed by atoms with Crippen molar-refractivity contribution in [2.75, 3.05) is 23.8 Å². The number of benzene rings is 2. The first-order valence-corrected chi connectivity index (χ1v) is 9.49. The molecule has 0 spiro atoms. The molecule has 0 fully saturated rings. The van der Waals surface area contributed by atoms with Gasteiger partial charge in [-0.05, 0) is 48.4 Å². The van der Waals surface area contributed by atoms with Crippen LogP contribution < -0.4 is 15.4 Å². The molecule has 0 aliphatic rings. The monoisotopic (exact) mass is 395 g/mol. The summed E-state index contributed by atoms with van der Waals surface area (Å²) in [5.74, 6) is 1.14. The van der Waals surface area contributed by atoms with Crippen LogP contribution in [0.15, 0.2) is 72.9 Å². The van der Waals surface area contributed by atoms with Gasteiger partial charge in [-0.25, -0.2) is 4.98 Å². The largest absolute Gasteiger partial charge is 0.493 e. The summed E-state index contributed by atoms with van der Waals surface area (Å²) in [7, 11) is 0. The van der Waals surface area contributed by atoms with Gasteiger partial charge in [0.2, 0.25) is 5.91 Å². The molecule has 144 valence electrons. The van der Waals surface area contributed by atoms with E-state index in [1.807, 2.05) is 60.7 Å². The summed E-state index contributed by atoms with van der Waals surface area (Å²) >= 11 is 5.89. The normalized spacial score (nSPS) is 10.3. The maximum atomic E-state index is 12.0. The van der Waals surface area contributed by atoms with Gasteiger partial charge in [-0.15, -0.1) is 0 Å². The number of amides is 1. The molecule has 0 aliphatic carbocycles. The highest BCUT2D eigenvalue weighted by molar-refractivity contribution is 6.30. The molecule has 0 bridgehead atoms. The summed E-state index contributed by atoms with van der Waals surface area (Å²) in [6, 6.07) is 20.9. The Balaban J connectivity index is 1.37. The molecular weight excluding hydrogens is 374 g/mol. The third-order valence-corrected chi connectivity index (χ3v) is 4.28. The smallest absolute Gasteiger partial charge is 0.228 e. The zero-order chi connectivity index (χ0) is 19.6. The van der Waals surface area contributed by atoms with Gasteiger partial charge in [0.15, 0.2) is 0 Å². The number of para-hydroxylation sites is 1. The van der Waals surface area contributed by atoms with E-state index in [0.29, 0.717) is 12.4 Å². The fraction of sp³-hybridized carbons (Fsp3) is 0.182. The minimum atomic E-state index is -0.133. The van der Waals surface area contributed by atoms with Gasteiger partial charge in [-0.1, -0.05) is 41.9 Å². The highest BCUT2D eigenvalue weighted by Gasteiger charge is 2.04. The maximum Gasteiger partial charge on any atom is 0.228 e. The lowest BCUT2D eigenvalue weighted by atomic mass is 10.1. The second-order valence-electron chi connectivity index (χ2n) is 6.20.